The number of nitrogens with one attached hydrogen (secondary N) is 1. The van der Waals surface area contributed by atoms with E-state index in [0.717, 1.165) is 5.69 Å². The zero-order chi connectivity index (χ0) is 13.0. The van der Waals surface area contributed by atoms with Crippen molar-refractivity contribution in [2.75, 3.05) is 31.0 Å². The lowest BCUT2D eigenvalue weighted by Gasteiger charge is -2.24. The van der Waals surface area contributed by atoms with Crippen molar-refractivity contribution in [3.63, 3.8) is 0 Å². The molecular weight excluding hydrogens is 270 g/mol. The molecule has 0 radical (unpaired) electrons. The number of hydrogen-bond acceptors (Lipinski definition) is 4. The third-order valence-corrected chi connectivity index (χ3v) is 4.42. The summed E-state index contributed by atoms with van der Waals surface area (Å²) < 4.78 is 10.5. The summed E-state index contributed by atoms with van der Waals surface area (Å²) in [5.41, 5.74) is 0.922. The maximum Gasteiger partial charge on any atom is 0.162 e. The molecule has 0 atom stereocenters. The minimum Gasteiger partial charge on any atom is -0.493 e. The van der Waals surface area contributed by atoms with Gasteiger partial charge in [0.1, 0.15) is 0 Å². The number of rotatable bonds is 4. The zero-order valence-corrected chi connectivity index (χ0v) is 12.2. The lowest BCUT2D eigenvalue weighted by atomic mass is 10.1. The molecule has 0 bridgehead atoms. The first-order chi connectivity index (χ1) is 8.74. The average Bonchev–Trinajstić information content (AvgIpc) is 2.41. The number of hydrogen-bond donors (Lipinski definition) is 1. The standard InChI is InChI=1S/C13H18ClNO2S/c1-16-12-7-10(14)11(8-13(12)17-2)15-9-3-5-18-6-4-9/h7-9,15H,3-6H2,1-2H3. The van der Waals surface area contributed by atoms with E-state index in [1.807, 2.05) is 17.8 Å². The highest BCUT2D eigenvalue weighted by Crippen LogP contribution is 2.37. The van der Waals surface area contributed by atoms with E-state index in [4.69, 9.17) is 21.1 Å². The molecule has 18 heavy (non-hydrogen) atoms. The summed E-state index contributed by atoms with van der Waals surface area (Å²) in [5, 5.41) is 4.17. The Balaban J connectivity index is 2.16. The maximum absolute atomic E-state index is 6.25. The molecule has 1 aromatic carbocycles. The first-order valence-electron chi connectivity index (χ1n) is 6.00. The van der Waals surface area contributed by atoms with Gasteiger partial charge in [-0.25, -0.2) is 0 Å². The van der Waals surface area contributed by atoms with Crippen molar-refractivity contribution in [2.45, 2.75) is 18.9 Å². The summed E-state index contributed by atoms with van der Waals surface area (Å²) in [4.78, 5) is 0. The largest absolute Gasteiger partial charge is 0.493 e. The van der Waals surface area contributed by atoms with Gasteiger partial charge in [0, 0.05) is 18.2 Å². The second-order valence-electron chi connectivity index (χ2n) is 4.22. The summed E-state index contributed by atoms with van der Waals surface area (Å²) >= 11 is 8.26. The Hall–Kier alpha value is -0.740. The normalized spacial score (nSPS) is 16.4. The van der Waals surface area contributed by atoms with Crippen LogP contribution in [0, 0.1) is 0 Å². The van der Waals surface area contributed by atoms with Gasteiger partial charge in [0.2, 0.25) is 0 Å². The molecule has 0 spiro atoms. The Morgan fingerprint density at radius 2 is 1.78 bits per heavy atom. The first-order valence-corrected chi connectivity index (χ1v) is 7.53. The van der Waals surface area contributed by atoms with Gasteiger partial charge in [0.25, 0.3) is 0 Å². The monoisotopic (exact) mass is 287 g/mol. The zero-order valence-electron chi connectivity index (χ0n) is 10.7. The van der Waals surface area contributed by atoms with Gasteiger partial charge in [-0.3, -0.25) is 0 Å². The molecule has 1 aliphatic rings. The molecule has 1 aliphatic heterocycles. The average molecular weight is 288 g/mol. The summed E-state index contributed by atoms with van der Waals surface area (Å²) in [6.07, 6.45) is 2.35. The molecule has 0 unspecified atom stereocenters. The van der Waals surface area contributed by atoms with Crippen molar-refractivity contribution >= 4 is 29.1 Å². The molecule has 0 aromatic heterocycles. The highest BCUT2D eigenvalue weighted by atomic mass is 35.5. The van der Waals surface area contributed by atoms with E-state index in [-0.39, 0.29) is 0 Å². The maximum atomic E-state index is 6.25. The van der Waals surface area contributed by atoms with E-state index in [2.05, 4.69) is 5.32 Å². The Kier molecular flexibility index (Phi) is 4.89. The van der Waals surface area contributed by atoms with Crippen molar-refractivity contribution in [1.82, 2.24) is 0 Å². The molecule has 1 N–H and O–H groups in total. The molecule has 0 aliphatic carbocycles. The van der Waals surface area contributed by atoms with Crippen LogP contribution in [0.2, 0.25) is 5.02 Å². The van der Waals surface area contributed by atoms with Gasteiger partial charge in [0.05, 0.1) is 24.9 Å². The second-order valence-corrected chi connectivity index (χ2v) is 5.85. The van der Waals surface area contributed by atoms with E-state index >= 15 is 0 Å². The molecule has 1 saturated heterocycles. The van der Waals surface area contributed by atoms with Crippen LogP contribution in [0.15, 0.2) is 12.1 Å². The van der Waals surface area contributed by atoms with Crippen molar-refractivity contribution in [3.05, 3.63) is 17.2 Å². The minimum absolute atomic E-state index is 0.502. The molecule has 0 saturated carbocycles. The van der Waals surface area contributed by atoms with Gasteiger partial charge in [-0.2, -0.15) is 11.8 Å². The minimum atomic E-state index is 0.502. The predicted molar refractivity (Wildman–Crippen MR) is 78.5 cm³/mol. The Labute approximate surface area is 117 Å². The van der Waals surface area contributed by atoms with Crippen molar-refractivity contribution in [3.8, 4) is 11.5 Å². The molecule has 3 nitrogen and oxygen atoms in total. The summed E-state index contributed by atoms with van der Waals surface area (Å²) in [6, 6.07) is 4.20. The summed E-state index contributed by atoms with van der Waals surface area (Å²) in [5.74, 6) is 3.78. The van der Waals surface area contributed by atoms with Crippen LogP contribution in [0.4, 0.5) is 5.69 Å². The van der Waals surface area contributed by atoms with E-state index in [9.17, 15) is 0 Å². The van der Waals surface area contributed by atoms with Crippen LogP contribution in [0.25, 0.3) is 0 Å². The van der Waals surface area contributed by atoms with Crippen molar-refractivity contribution in [2.24, 2.45) is 0 Å². The van der Waals surface area contributed by atoms with Crippen LogP contribution in [0.5, 0.6) is 11.5 Å². The topological polar surface area (TPSA) is 30.5 Å². The Morgan fingerprint density at radius 1 is 1.17 bits per heavy atom. The fourth-order valence-corrected chi connectivity index (χ4v) is 3.34. The number of anilines is 1. The van der Waals surface area contributed by atoms with Gasteiger partial charge >= 0.3 is 0 Å². The van der Waals surface area contributed by atoms with Crippen LogP contribution in [-0.2, 0) is 0 Å². The quantitative estimate of drug-likeness (QED) is 0.915. The van der Waals surface area contributed by atoms with Gasteiger partial charge < -0.3 is 14.8 Å². The van der Waals surface area contributed by atoms with Gasteiger partial charge in [0.15, 0.2) is 11.5 Å². The molecule has 0 amide bonds. The fraction of sp³-hybridized carbons (Fsp3) is 0.538. The van der Waals surface area contributed by atoms with E-state index in [0.29, 0.717) is 22.6 Å². The third-order valence-electron chi connectivity index (χ3n) is 3.05. The smallest absolute Gasteiger partial charge is 0.162 e. The van der Waals surface area contributed by atoms with Crippen LogP contribution >= 0.6 is 23.4 Å². The van der Waals surface area contributed by atoms with Gasteiger partial charge in [-0.05, 0) is 24.3 Å². The van der Waals surface area contributed by atoms with Crippen LogP contribution < -0.4 is 14.8 Å². The van der Waals surface area contributed by atoms with Crippen LogP contribution in [0.3, 0.4) is 0 Å². The Morgan fingerprint density at radius 3 is 2.39 bits per heavy atom. The SMILES string of the molecule is COc1cc(Cl)c(NC2CCSCC2)cc1OC. The predicted octanol–water partition coefficient (Wildman–Crippen LogP) is 3.66. The highest BCUT2D eigenvalue weighted by molar-refractivity contribution is 7.99. The number of ether oxygens (including phenoxy) is 2. The van der Waals surface area contributed by atoms with E-state index in [1.165, 1.54) is 24.3 Å². The highest BCUT2D eigenvalue weighted by Gasteiger charge is 2.16. The lowest BCUT2D eigenvalue weighted by molar-refractivity contribution is 0.355. The molecular formula is C13H18ClNO2S. The third kappa shape index (κ3) is 3.18. The Bertz CT molecular complexity index is 408. The van der Waals surface area contributed by atoms with Gasteiger partial charge in [-0.1, -0.05) is 11.6 Å². The number of benzene rings is 1. The molecule has 1 heterocycles. The lowest BCUT2D eigenvalue weighted by Crippen LogP contribution is -2.24. The van der Waals surface area contributed by atoms with E-state index < -0.39 is 0 Å². The molecule has 2 rings (SSSR count). The molecule has 100 valence electrons. The second kappa shape index (κ2) is 6.43. The molecule has 1 fully saturated rings. The van der Waals surface area contributed by atoms with Crippen LogP contribution in [-0.4, -0.2) is 31.8 Å². The van der Waals surface area contributed by atoms with E-state index in [1.54, 1.807) is 20.3 Å². The molecule has 5 heteroatoms. The summed E-state index contributed by atoms with van der Waals surface area (Å²) in [6.45, 7) is 0. The number of methoxy groups -OCH3 is 2. The number of thioether (sulfide) groups is 1. The van der Waals surface area contributed by atoms with Crippen molar-refractivity contribution < 1.29 is 9.47 Å². The summed E-state index contributed by atoms with van der Waals surface area (Å²) in [7, 11) is 3.24. The number of halogens is 1. The molecule has 1 aromatic rings. The first kappa shape index (κ1) is 13.7. The van der Waals surface area contributed by atoms with Gasteiger partial charge in [-0.15, -0.1) is 0 Å². The van der Waals surface area contributed by atoms with Crippen molar-refractivity contribution in [1.29, 1.82) is 0 Å². The van der Waals surface area contributed by atoms with Crippen LogP contribution in [0.1, 0.15) is 12.8 Å². The fourth-order valence-electron chi connectivity index (χ4n) is 2.03.